The van der Waals surface area contributed by atoms with E-state index in [9.17, 15) is 5.11 Å². The van der Waals surface area contributed by atoms with Crippen LogP contribution in [0.3, 0.4) is 0 Å². The quantitative estimate of drug-likeness (QED) is 0.832. The largest absolute Gasteiger partial charge is 0.492 e. The third-order valence-electron chi connectivity index (χ3n) is 3.12. The third-order valence-corrected chi connectivity index (χ3v) is 3.12. The van der Waals surface area contributed by atoms with Gasteiger partial charge in [-0.1, -0.05) is 0 Å². The number of rotatable bonds is 5. The van der Waals surface area contributed by atoms with E-state index in [1.54, 1.807) is 13.8 Å². The first-order valence-corrected chi connectivity index (χ1v) is 6.43. The summed E-state index contributed by atoms with van der Waals surface area (Å²) in [5, 5.41) is 10.3. The van der Waals surface area contributed by atoms with Crippen molar-refractivity contribution in [3.63, 3.8) is 0 Å². The first-order chi connectivity index (χ1) is 8.99. The minimum atomic E-state index is -1.14. The fraction of sp³-hybridized carbons (Fsp3) is 0.571. The third kappa shape index (κ3) is 2.74. The molecule has 19 heavy (non-hydrogen) atoms. The lowest BCUT2D eigenvalue weighted by Crippen LogP contribution is -2.48. The van der Waals surface area contributed by atoms with E-state index in [-0.39, 0.29) is 0 Å². The van der Waals surface area contributed by atoms with Gasteiger partial charge < -0.3 is 25.1 Å². The second-order valence-electron chi connectivity index (χ2n) is 5.03. The van der Waals surface area contributed by atoms with Gasteiger partial charge in [0, 0.05) is 12.1 Å². The van der Waals surface area contributed by atoms with Crippen molar-refractivity contribution in [2.24, 2.45) is 5.73 Å². The van der Waals surface area contributed by atoms with Crippen LogP contribution in [0.25, 0.3) is 0 Å². The molecule has 1 fully saturated rings. The fourth-order valence-electron chi connectivity index (χ4n) is 2.23. The molecule has 0 radical (unpaired) electrons. The number of aliphatic hydroxyl groups is 1. The summed E-state index contributed by atoms with van der Waals surface area (Å²) in [6, 6.07) is 7.33. The molecule has 0 amide bonds. The number of hydrogen-bond donors (Lipinski definition) is 2. The van der Waals surface area contributed by atoms with Crippen LogP contribution in [0.1, 0.15) is 19.4 Å². The Morgan fingerprint density at radius 2 is 1.84 bits per heavy atom. The van der Waals surface area contributed by atoms with E-state index in [4.69, 9.17) is 19.9 Å². The highest BCUT2D eigenvalue weighted by Gasteiger charge is 2.51. The summed E-state index contributed by atoms with van der Waals surface area (Å²) in [6.07, 6.45) is 0. The summed E-state index contributed by atoms with van der Waals surface area (Å²) in [7, 11) is 0. The normalized spacial score (nSPS) is 18.5. The average molecular weight is 267 g/mol. The van der Waals surface area contributed by atoms with Crippen molar-refractivity contribution in [2.45, 2.75) is 25.2 Å². The maximum Gasteiger partial charge on any atom is 0.224 e. The molecule has 1 aliphatic rings. The molecular weight excluding hydrogens is 246 g/mol. The molecule has 1 saturated heterocycles. The van der Waals surface area contributed by atoms with Crippen LogP contribution in [-0.4, -0.2) is 37.1 Å². The van der Waals surface area contributed by atoms with Gasteiger partial charge in [0.25, 0.3) is 0 Å². The summed E-state index contributed by atoms with van der Waals surface area (Å²) in [6.45, 7) is 5.24. The molecule has 0 atom stereocenters. The molecule has 0 saturated carbocycles. The Hall–Kier alpha value is -1.14. The standard InChI is InChI=1S/C14H21NO4/c1-13(2,16)14(18-9-10-19-14)11-3-5-12(6-4-11)17-8-7-15/h3-6,16H,7-10,15H2,1-2H3. The summed E-state index contributed by atoms with van der Waals surface area (Å²) in [5.74, 6) is -0.377. The van der Waals surface area contributed by atoms with E-state index in [0.717, 1.165) is 11.3 Å². The zero-order chi connectivity index (χ0) is 13.9. The van der Waals surface area contributed by atoms with Gasteiger partial charge in [-0.25, -0.2) is 0 Å². The molecular formula is C14H21NO4. The lowest BCUT2D eigenvalue weighted by Gasteiger charge is -2.38. The highest BCUT2D eigenvalue weighted by molar-refractivity contribution is 5.32. The van der Waals surface area contributed by atoms with Gasteiger partial charge in [-0.15, -0.1) is 0 Å². The Morgan fingerprint density at radius 1 is 1.26 bits per heavy atom. The monoisotopic (exact) mass is 267 g/mol. The highest BCUT2D eigenvalue weighted by atomic mass is 16.7. The van der Waals surface area contributed by atoms with Gasteiger partial charge in [-0.2, -0.15) is 0 Å². The van der Waals surface area contributed by atoms with E-state index in [2.05, 4.69) is 0 Å². The lowest BCUT2D eigenvalue weighted by molar-refractivity contribution is -0.266. The zero-order valence-corrected chi connectivity index (χ0v) is 11.4. The Kier molecular flexibility index (Phi) is 4.10. The molecule has 1 aromatic carbocycles. The molecule has 1 aliphatic heterocycles. The van der Waals surface area contributed by atoms with E-state index < -0.39 is 11.4 Å². The Bertz CT molecular complexity index is 404. The maximum atomic E-state index is 10.3. The number of hydrogen-bond acceptors (Lipinski definition) is 5. The summed E-state index contributed by atoms with van der Waals surface area (Å²) >= 11 is 0. The minimum Gasteiger partial charge on any atom is -0.492 e. The predicted octanol–water partition coefficient (Wildman–Crippen LogP) is 0.995. The lowest BCUT2D eigenvalue weighted by atomic mass is 9.90. The van der Waals surface area contributed by atoms with E-state index in [0.29, 0.717) is 26.4 Å². The van der Waals surface area contributed by atoms with Gasteiger partial charge in [0.1, 0.15) is 18.0 Å². The topological polar surface area (TPSA) is 73.9 Å². The number of ether oxygens (including phenoxy) is 3. The van der Waals surface area contributed by atoms with Gasteiger partial charge >= 0.3 is 0 Å². The van der Waals surface area contributed by atoms with Gasteiger partial charge in [0.15, 0.2) is 0 Å². The van der Waals surface area contributed by atoms with Crippen LogP contribution in [0.2, 0.25) is 0 Å². The Labute approximate surface area is 113 Å². The van der Waals surface area contributed by atoms with E-state index in [1.165, 1.54) is 0 Å². The van der Waals surface area contributed by atoms with Crippen LogP contribution < -0.4 is 10.5 Å². The van der Waals surface area contributed by atoms with Crippen LogP contribution in [-0.2, 0) is 15.3 Å². The van der Waals surface area contributed by atoms with Crippen molar-refractivity contribution in [1.29, 1.82) is 0 Å². The van der Waals surface area contributed by atoms with Crippen LogP contribution in [0.5, 0.6) is 5.75 Å². The van der Waals surface area contributed by atoms with E-state index in [1.807, 2.05) is 24.3 Å². The zero-order valence-electron chi connectivity index (χ0n) is 11.4. The van der Waals surface area contributed by atoms with Crippen molar-refractivity contribution < 1.29 is 19.3 Å². The number of nitrogens with two attached hydrogens (primary N) is 1. The van der Waals surface area contributed by atoms with Gasteiger partial charge in [0.2, 0.25) is 5.79 Å². The summed E-state index contributed by atoms with van der Waals surface area (Å²) in [5.41, 5.74) is 5.03. The maximum absolute atomic E-state index is 10.3. The smallest absolute Gasteiger partial charge is 0.224 e. The van der Waals surface area contributed by atoms with Crippen molar-refractivity contribution in [3.05, 3.63) is 29.8 Å². The van der Waals surface area contributed by atoms with Crippen LogP contribution >= 0.6 is 0 Å². The molecule has 0 bridgehead atoms. The van der Waals surface area contributed by atoms with Crippen LogP contribution in [0, 0.1) is 0 Å². The molecule has 2 rings (SSSR count). The fourth-order valence-corrected chi connectivity index (χ4v) is 2.23. The molecule has 0 aliphatic carbocycles. The summed E-state index contributed by atoms with van der Waals surface area (Å²) < 4.78 is 16.8. The van der Waals surface area contributed by atoms with Gasteiger partial charge in [0.05, 0.1) is 13.2 Å². The van der Waals surface area contributed by atoms with E-state index >= 15 is 0 Å². The molecule has 0 aromatic heterocycles. The van der Waals surface area contributed by atoms with Crippen molar-refractivity contribution >= 4 is 0 Å². The molecule has 5 nitrogen and oxygen atoms in total. The molecule has 0 spiro atoms. The minimum absolute atomic E-state index is 0.468. The van der Waals surface area contributed by atoms with Gasteiger partial charge in [-0.05, 0) is 38.1 Å². The molecule has 3 N–H and O–H groups in total. The molecule has 1 aromatic rings. The Balaban J connectivity index is 2.24. The molecule has 106 valence electrons. The first kappa shape index (κ1) is 14.3. The van der Waals surface area contributed by atoms with Crippen molar-refractivity contribution in [1.82, 2.24) is 0 Å². The second kappa shape index (κ2) is 5.46. The summed E-state index contributed by atoms with van der Waals surface area (Å²) in [4.78, 5) is 0. The van der Waals surface area contributed by atoms with Crippen molar-refractivity contribution in [3.8, 4) is 5.75 Å². The molecule has 0 unspecified atom stereocenters. The molecule has 5 heteroatoms. The van der Waals surface area contributed by atoms with Crippen molar-refractivity contribution in [2.75, 3.05) is 26.4 Å². The Morgan fingerprint density at radius 3 is 2.32 bits per heavy atom. The highest BCUT2D eigenvalue weighted by Crippen LogP contribution is 2.41. The predicted molar refractivity (Wildman–Crippen MR) is 70.9 cm³/mol. The molecule has 1 heterocycles. The van der Waals surface area contributed by atoms with Crippen LogP contribution in [0.4, 0.5) is 0 Å². The first-order valence-electron chi connectivity index (χ1n) is 6.43. The SMILES string of the molecule is CC(C)(O)C1(c2ccc(OCCN)cc2)OCCO1. The average Bonchev–Trinajstić information content (AvgIpc) is 2.87. The van der Waals surface area contributed by atoms with Crippen LogP contribution in [0.15, 0.2) is 24.3 Å². The second-order valence-corrected chi connectivity index (χ2v) is 5.03. The number of benzene rings is 1. The van der Waals surface area contributed by atoms with Gasteiger partial charge in [-0.3, -0.25) is 0 Å².